The number of methoxy groups -OCH3 is 1. The highest BCUT2D eigenvalue weighted by Gasteiger charge is 2.43. The molecule has 0 bridgehead atoms. The van der Waals surface area contributed by atoms with Crippen LogP contribution >= 0.6 is 0 Å². The van der Waals surface area contributed by atoms with E-state index in [4.69, 9.17) is 9.47 Å². The van der Waals surface area contributed by atoms with Crippen molar-refractivity contribution in [2.75, 3.05) is 30.1 Å². The summed E-state index contributed by atoms with van der Waals surface area (Å²) in [5.41, 5.74) is 2.51. The van der Waals surface area contributed by atoms with Crippen LogP contribution in [0.4, 0.5) is 11.4 Å². The predicted molar refractivity (Wildman–Crippen MR) is 134 cm³/mol. The molecule has 6 nitrogen and oxygen atoms in total. The summed E-state index contributed by atoms with van der Waals surface area (Å²) in [5.74, 6) is 0.362. The molecule has 0 unspecified atom stereocenters. The van der Waals surface area contributed by atoms with E-state index in [1.165, 1.54) is 4.90 Å². The highest BCUT2D eigenvalue weighted by Crippen LogP contribution is 2.40. The third-order valence-electron chi connectivity index (χ3n) is 5.64. The molecule has 0 saturated carbocycles. The molecule has 0 saturated heterocycles. The lowest BCUT2D eigenvalue weighted by molar-refractivity contribution is -0.120. The summed E-state index contributed by atoms with van der Waals surface area (Å²) in [6.45, 7) is 5.04. The minimum absolute atomic E-state index is 0.313. The van der Waals surface area contributed by atoms with E-state index in [9.17, 15) is 9.59 Å². The Morgan fingerprint density at radius 2 is 1.59 bits per heavy atom. The second kappa shape index (κ2) is 10.3. The van der Waals surface area contributed by atoms with Gasteiger partial charge in [0.05, 0.1) is 25.0 Å². The molecular formula is C28H28N2O4. The van der Waals surface area contributed by atoms with Gasteiger partial charge in [-0.2, -0.15) is 0 Å². The van der Waals surface area contributed by atoms with Crippen LogP contribution in [0.25, 0.3) is 5.57 Å². The van der Waals surface area contributed by atoms with Gasteiger partial charge in [-0.25, -0.2) is 4.90 Å². The van der Waals surface area contributed by atoms with Gasteiger partial charge >= 0.3 is 0 Å². The summed E-state index contributed by atoms with van der Waals surface area (Å²) in [4.78, 5) is 30.9. The van der Waals surface area contributed by atoms with E-state index in [0.29, 0.717) is 47.2 Å². The molecule has 3 aromatic carbocycles. The molecule has 0 atom stereocenters. The van der Waals surface area contributed by atoms with Gasteiger partial charge in [0.1, 0.15) is 17.2 Å². The Labute approximate surface area is 200 Å². The molecule has 0 N–H and O–H groups in total. The standard InChI is InChI=1S/C28H28N2O4/c1-4-18-34-22-15-11-14-21(19-22)30-27(31)25(23-16-9-10-17-24(23)33-3)26(28(30)32)29(5-2)20-12-7-6-8-13-20/h6-17,19H,4-5,18H2,1-3H3. The van der Waals surface area contributed by atoms with E-state index in [0.717, 1.165) is 12.1 Å². The second-order valence-electron chi connectivity index (χ2n) is 7.80. The van der Waals surface area contributed by atoms with Crippen LogP contribution in [-0.2, 0) is 9.59 Å². The van der Waals surface area contributed by atoms with Crippen LogP contribution in [0.3, 0.4) is 0 Å². The lowest BCUT2D eigenvalue weighted by Crippen LogP contribution is -2.35. The Hall–Kier alpha value is -4.06. The van der Waals surface area contributed by atoms with E-state index in [1.54, 1.807) is 31.4 Å². The monoisotopic (exact) mass is 456 g/mol. The van der Waals surface area contributed by atoms with Gasteiger partial charge in [0.15, 0.2) is 0 Å². The van der Waals surface area contributed by atoms with E-state index in [2.05, 4.69) is 0 Å². The van der Waals surface area contributed by atoms with Crippen LogP contribution in [0, 0.1) is 0 Å². The summed E-state index contributed by atoms with van der Waals surface area (Å²) in [7, 11) is 1.56. The van der Waals surface area contributed by atoms with Gasteiger partial charge in [-0.05, 0) is 43.7 Å². The molecule has 4 rings (SSSR count). The fourth-order valence-corrected chi connectivity index (χ4v) is 4.11. The quantitative estimate of drug-likeness (QED) is 0.409. The van der Waals surface area contributed by atoms with Crippen molar-refractivity contribution in [3.05, 3.63) is 90.1 Å². The first kappa shape index (κ1) is 23.1. The van der Waals surface area contributed by atoms with Crippen LogP contribution in [-0.4, -0.2) is 32.1 Å². The SMILES string of the molecule is CCCOc1cccc(N2C(=O)C(c3ccccc3OC)=C(N(CC)c3ccccc3)C2=O)c1. The zero-order valence-electron chi connectivity index (χ0n) is 19.7. The Morgan fingerprint density at radius 1 is 0.853 bits per heavy atom. The molecule has 0 spiro atoms. The molecule has 3 aromatic rings. The van der Waals surface area contributed by atoms with Crippen LogP contribution in [0.5, 0.6) is 11.5 Å². The molecule has 0 radical (unpaired) electrons. The number of hydrogen-bond donors (Lipinski definition) is 0. The number of imide groups is 1. The molecule has 1 heterocycles. The van der Waals surface area contributed by atoms with Crippen molar-refractivity contribution in [3.63, 3.8) is 0 Å². The number of benzene rings is 3. The molecule has 0 aliphatic carbocycles. The minimum Gasteiger partial charge on any atom is -0.496 e. The first-order chi connectivity index (χ1) is 16.6. The van der Waals surface area contributed by atoms with Crippen LogP contribution in [0.15, 0.2) is 84.6 Å². The van der Waals surface area contributed by atoms with E-state index >= 15 is 0 Å². The number of likely N-dealkylation sites (N-methyl/N-ethyl adjacent to an activating group) is 1. The number of anilines is 2. The number of carbonyl (C=O) groups excluding carboxylic acids is 2. The number of nitrogens with zero attached hydrogens (tertiary/aromatic N) is 2. The van der Waals surface area contributed by atoms with Gasteiger partial charge in [-0.3, -0.25) is 9.59 Å². The van der Waals surface area contributed by atoms with Crippen LogP contribution in [0.2, 0.25) is 0 Å². The third-order valence-corrected chi connectivity index (χ3v) is 5.64. The number of rotatable bonds is 9. The fraction of sp³-hybridized carbons (Fsp3) is 0.214. The largest absolute Gasteiger partial charge is 0.496 e. The molecule has 0 fully saturated rings. The summed E-state index contributed by atoms with van der Waals surface area (Å²) in [5, 5.41) is 0. The lowest BCUT2D eigenvalue weighted by Gasteiger charge is -2.25. The van der Waals surface area contributed by atoms with Crippen LogP contribution in [0.1, 0.15) is 25.8 Å². The Morgan fingerprint density at radius 3 is 2.29 bits per heavy atom. The van der Waals surface area contributed by atoms with Gasteiger partial charge in [0.25, 0.3) is 11.8 Å². The van der Waals surface area contributed by atoms with Crippen LogP contribution < -0.4 is 19.3 Å². The summed E-state index contributed by atoms with van der Waals surface area (Å²) >= 11 is 0. The first-order valence-electron chi connectivity index (χ1n) is 11.4. The number of ether oxygens (including phenoxy) is 2. The van der Waals surface area contributed by atoms with Gasteiger partial charge in [-0.15, -0.1) is 0 Å². The Kier molecular flexibility index (Phi) is 6.97. The highest BCUT2D eigenvalue weighted by atomic mass is 16.5. The van der Waals surface area contributed by atoms with Crippen molar-refractivity contribution in [1.82, 2.24) is 0 Å². The molecule has 1 aliphatic rings. The number of carbonyl (C=O) groups is 2. The van der Waals surface area contributed by atoms with Gasteiger partial charge in [-0.1, -0.05) is 49.4 Å². The van der Waals surface area contributed by atoms with Crippen molar-refractivity contribution in [2.24, 2.45) is 0 Å². The molecule has 2 amide bonds. The van der Waals surface area contributed by atoms with Gasteiger partial charge in [0.2, 0.25) is 0 Å². The summed E-state index contributed by atoms with van der Waals surface area (Å²) < 4.78 is 11.3. The Balaban J connectivity index is 1.88. The van der Waals surface area contributed by atoms with Crippen molar-refractivity contribution >= 4 is 28.8 Å². The summed E-state index contributed by atoms with van der Waals surface area (Å²) in [6, 6.07) is 24.0. The maximum absolute atomic E-state index is 13.9. The van der Waals surface area contributed by atoms with Crippen molar-refractivity contribution in [2.45, 2.75) is 20.3 Å². The topological polar surface area (TPSA) is 59.1 Å². The maximum Gasteiger partial charge on any atom is 0.282 e. The van der Waals surface area contributed by atoms with E-state index in [1.807, 2.05) is 73.3 Å². The third kappa shape index (κ3) is 4.27. The zero-order chi connectivity index (χ0) is 24.1. The van der Waals surface area contributed by atoms with Crippen molar-refractivity contribution < 1.29 is 19.1 Å². The second-order valence-corrected chi connectivity index (χ2v) is 7.80. The van der Waals surface area contributed by atoms with E-state index < -0.39 is 5.91 Å². The number of para-hydroxylation sites is 2. The molecule has 1 aliphatic heterocycles. The van der Waals surface area contributed by atoms with Gasteiger partial charge < -0.3 is 14.4 Å². The normalized spacial score (nSPS) is 13.4. The molecular weight excluding hydrogens is 428 g/mol. The van der Waals surface area contributed by atoms with Gasteiger partial charge in [0, 0.05) is 23.9 Å². The smallest absolute Gasteiger partial charge is 0.282 e. The minimum atomic E-state index is -0.397. The fourth-order valence-electron chi connectivity index (χ4n) is 4.11. The number of amides is 2. The predicted octanol–water partition coefficient (Wildman–Crippen LogP) is 5.30. The molecule has 6 heteroatoms. The summed E-state index contributed by atoms with van der Waals surface area (Å²) in [6.07, 6.45) is 0.859. The molecule has 174 valence electrons. The van der Waals surface area contributed by atoms with Crippen molar-refractivity contribution in [3.8, 4) is 11.5 Å². The number of hydrogen-bond acceptors (Lipinski definition) is 5. The maximum atomic E-state index is 13.9. The highest BCUT2D eigenvalue weighted by molar-refractivity contribution is 6.46. The molecule has 34 heavy (non-hydrogen) atoms. The van der Waals surface area contributed by atoms with E-state index in [-0.39, 0.29) is 5.91 Å². The lowest BCUT2D eigenvalue weighted by atomic mass is 10.0. The zero-order valence-corrected chi connectivity index (χ0v) is 19.7. The van der Waals surface area contributed by atoms with Crippen molar-refractivity contribution in [1.29, 1.82) is 0 Å². The average molecular weight is 457 g/mol. The first-order valence-corrected chi connectivity index (χ1v) is 11.4. The Bertz CT molecular complexity index is 1220. The molecule has 0 aromatic heterocycles. The average Bonchev–Trinajstić information content (AvgIpc) is 3.13.